The van der Waals surface area contributed by atoms with Crippen molar-refractivity contribution in [2.45, 2.75) is 6.92 Å². The summed E-state index contributed by atoms with van der Waals surface area (Å²) >= 11 is 0. The minimum atomic E-state index is -0.760. The van der Waals surface area contributed by atoms with Gasteiger partial charge in [0.05, 0.1) is 5.41 Å². The van der Waals surface area contributed by atoms with Crippen LogP contribution < -0.4 is 0 Å². The second kappa shape index (κ2) is 3.74. The number of hydrogen-bond acceptors (Lipinski definition) is 5. The summed E-state index contributed by atoms with van der Waals surface area (Å²) in [7, 11) is 1.44. The molecular formula is C8H12O5. The quantitative estimate of drug-likeness (QED) is 0.599. The Morgan fingerprint density at radius 1 is 1.54 bits per heavy atom. The zero-order chi connectivity index (χ0) is 9.90. The van der Waals surface area contributed by atoms with Gasteiger partial charge in [-0.2, -0.15) is 0 Å². The number of ether oxygens (including phenoxy) is 3. The van der Waals surface area contributed by atoms with Crippen molar-refractivity contribution in [3.8, 4) is 0 Å². The molecule has 74 valence electrons. The van der Waals surface area contributed by atoms with E-state index in [0.29, 0.717) is 0 Å². The fourth-order valence-corrected chi connectivity index (χ4v) is 0.986. The second-order valence-electron chi connectivity index (χ2n) is 3.24. The fraction of sp³-hybridized carbons (Fsp3) is 0.750. The molecule has 1 heterocycles. The summed E-state index contributed by atoms with van der Waals surface area (Å²) in [5.41, 5.74) is -0.760. The summed E-state index contributed by atoms with van der Waals surface area (Å²) in [5, 5.41) is 0. The predicted octanol–water partition coefficient (Wildman–Crippen LogP) is 0.375. The van der Waals surface area contributed by atoms with Crippen LogP contribution in [-0.4, -0.2) is 38.9 Å². The molecule has 5 nitrogen and oxygen atoms in total. The molecule has 1 saturated heterocycles. The third kappa shape index (κ3) is 2.18. The van der Waals surface area contributed by atoms with E-state index in [9.17, 15) is 9.59 Å². The maximum absolute atomic E-state index is 11.4. The van der Waals surface area contributed by atoms with Crippen LogP contribution in [0.15, 0.2) is 0 Å². The molecule has 1 aliphatic heterocycles. The first kappa shape index (κ1) is 9.98. The van der Waals surface area contributed by atoms with E-state index in [-0.39, 0.29) is 25.6 Å². The van der Waals surface area contributed by atoms with E-state index in [2.05, 4.69) is 9.47 Å². The fourth-order valence-electron chi connectivity index (χ4n) is 0.986. The van der Waals surface area contributed by atoms with Crippen LogP contribution in [0.3, 0.4) is 0 Å². The number of cyclic esters (lactones) is 2. The average Bonchev–Trinajstić information content (AvgIpc) is 2.11. The lowest BCUT2D eigenvalue weighted by molar-refractivity contribution is -0.142. The molecule has 1 rings (SSSR count). The first-order valence-corrected chi connectivity index (χ1v) is 3.90. The minimum Gasteiger partial charge on any atom is -0.433 e. The number of carbonyl (C=O) groups is 2. The highest BCUT2D eigenvalue weighted by atomic mass is 16.7. The Balaban J connectivity index is 2.56. The molecule has 0 saturated carbocycles. The van der Waals surface area contributed by atoms with E-state index in [1.54, 1.807) is 6.92 Å². The highest BCUT2D eigenvalue weighted by molar-refractivity contribution is 5.86. The molecule has 13 heavy (non-hydrogen) atoms. The first-order valence-electron chi connectivity index (χ1n) is 3.90. The molecule has 0 aromatic rings. The van der Waals surface area contributed by atoms with Gasteiger partial charge in [0.2, 0.25) is 0 Å². The molecule has 0 aromatic carbocycles. The lowest BCUT2D eigenvalue weighted by Crippen LogP contribution is -2.44. The standard InChI is InChI=1S/C8H12O5/c1-8(6(9)3-11-2)4-12-7(10)13-5-8/h3-5H2,1-2H3. The van der Waals surface area contributed by atoms with Gasteiger partial charge in [-0.25, -0.2) is 4.79 Å². The van der Waals surface area contributed by atoms with E-state index in [4.69, 9.17) is 4.74 Å². The van der Waals surface area contributed by atoms with Crippen LogP contribution in [0, 0.1) is 5.41 Å². The van der Waals surface area contributed by atoms with Crippen molar-refractivity contribution in [1.82, 2.24) is 0 Å². The van der Waals surface area contributed by atoms with E-state index in [0.717, 1.165) is 0 Å². The number of ketones is 1. The van der Waals surface area contributed by atoms with Crippen LogP contribution in [0.1, 0.15) is 6.92 Å². The second-order valence-corrected chi connectivity index (χ2v) is 3.24. The highest BCUT2D eigenvalue weighted by Gasteiger charge is 2.39. The molecule has 1 fully saturated rings. The minimum absolute atomic E-state index is 0.0113. The Hall–Kier alpha value is -1.10. The summed E-state index contributed by atoms with van der Waals surface area (Å²) in [6, 6.07) is 0. The number of rotatable bonds is 3. The Kier molecular flexibility index (Phi) is 2.87. The van der Waals surface area contributed by atoms with E-state index >= 15 is 0 Å². The van der Waals surface area contributed by atoms with Crippen LogP contribution in [0.5, 0.6) is 0 Å². The molecule has 0 atom stereocenters. The van der Waals surface area contributed by atoms with Crippen molar-refractivity contribution in [1.29, 1.82) is 0 Å². The molecule has 0 bridgehead atoms. The van der Waals surface area contributed by atoms with Crippen molar-refractivity contribution < 1.29 is 23.8 Å². The number of Topliss-reactive ketones (excluding diaryl/α,β-unsaturated/α-hetero) is 1. The smallest absolute Gasteiger partial charge is 0.433 e. The lowest BCUT2D eigenvalue weighted by Gasteiger charge is -2.30. The van der Waals surface area contributed by atoms with E-state index in [1.165, 1.54) is 7.11 Å². The summed E-state index contributed by atoms with van der Waals surface area (Å²) in [5.74, 6) is -0.123. The molecule has 5 heteroatoms. The van der Waals surface area contributed by atoms with Crippen molar-refractivity contribution in [2.24, 2.45) is 5.41 Å². The van der Waals surface area contributed by atoms with Gasteiger partial charge in [-0.05, 0) is 6.92 Å². The molecule has 0 aromatic heterocycles. The van der Waals surface area contributed by atoms with Gasteiger partial charge in [0.25, 0.3) is 0 Å². The zero-order valence-corrected chi connectivity index (χ0v) is 7.66. The number of carbonyl (C=O) groups excluding carboxylic acids is 2. The van der Waals surface area contributed by atoms with Crippen molar-refractivity contribution >= 4 is 11.9 Å². The Morgan fingerprint density at radius 3 is 2.54 bits per heavy atom. The molecular weight excluding hydrogens is 176 g/mol. The third-order valence-corrected chi connectivity index (χ3v) is 1.97. The summed E-state index contributed by atoms with van der Waals surface area (Å²) < 4.78 is 14.0. The first-order chi connectivity index (χ1) is 6.08. The van der Waals surface area contributed by atoms with Gasteiger partial charge in [-0.15, -0.1) is 0 Å². The van der Waals surface area contributed by atoms with Gasteiger partial charge in [-0.3, -0.25) is 4.79 Å². The lowest BCUT2D eigenvalue weighted by atomic mass is 9.87. The van der Waals surface area contributed by atoms with Crippen LogP contribution in [-0.2, 0) is 19.0 Å². The van der Waals surface area contributed by atoms with Crippen molar-refractivity contribution in [3.63, 3.8) is 0 Å². The molecule has 1 aliphatic rings. The highest BCUT2D eigenvalue weighted by Crippen LogP contribution is 2.23. The summed E-state index contributed by atoms with van der Waals surface area (Å²) in [4.78, 5) is 22.0. The molecule has 0 aliphatic carbocycles. The van der Waals surface area contributed by atoms with Gasteiger partial charge in [-0.1, -0.05) is 0 Å². The predicted molar refractivity (Wildman–Crippen MR) is 42.3 cm³/mol. The Bertz CT molecular complexity index is 213. The van der Waals surface area contributed by atoms with Crippen LogP contribution in [0.2, 0.25) is 0 Å². The Morgan fingerprint density at radius 2 is 2.08 bits per heavy atom. The maximum atomic E-state index is 11.4. The molecule has 0 unspecified atom stereocenters. The van der Waals surface area contributed by atoms with E-state index < -0.39 is 11.6 Å². The molecule has 0 amide bonds. The topological polar surface area (TPSA) is 61.8 Å². The van der Waals surface area contributed by atoms with Gasteiger partial charge in [0.15, 0.2) is 5.78 Å². The molecule has 0 spiro atoms. The number of methoxy groups -OCH3 is 1. The molecule has 0 radical (unpaired) electrons. The van der Waals surface area contributed by atoms with Crippen LogP contribution >= 0.6 is 0 Å². The zero-order valence-electron chi connectivity index (χ0n) is 7.66. The maximum Gasteiger partial charge on any atom is 0.508 e. The van der Waals surface area contributed by atoms with Gasteiger partial charge >= 0.3 is 6.16 Å². The van der Waals surface area contributed by atoms with E-state index in [1.807, 2.05) is 0 Å². The monoisotopic (exact) mass is 188 g/mol. The van der Waals surface area contributed by atoms with Crippen LogP contribution in [0.25, 0.3) is 0 Å². The largest absolute Gasteiger partial charge is 0.508 e. The van der Waals surface area contributed by atoms with Crippen LogP contribution in [0.4, 0.5) is 4.79 Å². The van der Waals surface area contributed by atoms with Crippen molar-refractivity contribution in [3.05, 3.63) is 0 Å². The third-order valence-electron chi connectivity index (χ3n) is 1.97. The van der Waals surface area contributed by atoms with Crippen molar-refractivity contribution in [2.75, 3.05) is 26.9 Å². The van der Waals surface area contributed by atoms with Gasteiger partial charge in [0.1, 0.15) is 19.8 Å². The number of hydrogen-bond donors (Lipinski definition) is 0. The normalized spacial score (nSPS) is 20.3. The summed E-state index contributed by atoms with van der Waals surface area (Å²) in [6.07, 6.45) is -0.720. The SMILES string of the molecule is COCC(=O)C1(C)COC(=O)OC1. The summed E-state index contributed by atoms with van der Waals surface area (Å²) in [6.45, 7) is 1.82. The van der Waals surface area contributed by atoms with Gasteiger partial charge in [0, 0.05) is 7.11 Å². The molecule has 0 N–H and O–H groups in total. The average molecular weight is 188 g/mol. The Labute approximate surface area is 76.0 Å². The van der Waals surface area contributed by atoms with Gasteiger partial charge < -0.3 is 14.2 Å².